The SMILES string of the molecule is CC1(C)CC(O)C2(COC3OC(CO)C(O)C(O)C3O)C(O)CC3(C)C(=CCC4C5(C)CCC(OC6OC(C(=O)O)C(O)C(O)C6O)C(C)(C)C5CCC43C)C2C1. The summed E-state index contributed by atoms with van der Waals surface area (Å²) in [6.07, 6.45) is -10.5. The van der Waals surface area contributed by atoms with Crippen molar-refractivity contribution in [2.75, 3.05) is 13.2 Å². The van der Waals surface area contributed by atoms with Crippen molar-refractivity contribution in [3.63, 3.8) is 0 Å². The molecule has 2 heterocycles. The van der Waals surface area contributed by atoms with Gasteiger partial charge in [-0.2, -0.15) is 0 Å². The first kappa shape index (κ1) is 43.8. The van der Waals surface area contributed by atoms with Crippen LogP contribution in [0, 0.1) is 50.2 Å². The predicted octanol–water partition coefficient (Wildman–Crippen LogP) is 0.824. The Balaban J connectivity index is 1.17. The highest BCUT2D eigenvalue weighted by Crippen LogP contribution is 2.76. The molecule has 0 amide bonds. The predicted molar refractivity (Wildman–Crippen MR) is 201 cm³/mol. The molecule has 20 atom stereocenters. The third kappa shape index (κ3) is 6.43. The maximum atomic E-state index is 12.6. The number of hydrogen-bond donors (Lipinski definition) is 10. The van der Waals surface area contributed by atoms with Crippen LogP contribution in [0.1, 0.15) is 99.8 Å². The van der Waals surface area contributed by atoms with Crippen LogP contribution in [0.5, 0.6) is 0 Å². The maximum Gasteiger partial charge on any atom is 0.335 e. The Bertz CT molecular complexity index is 1550. The summed E-state index contributed by atoms with van der Waals surface area (Å²) in [4.78, 5) is 11.8. The van der Waals surface area contributed by atoms with Gasteiger partial charge in [0.05, 0.1) is 36.9 Å². The van der Waals surface area contributed by atoms with Crippen molar-refractivity contribution >= 4 is 5.97 Å². The number of rotatable bonds is 7. The highest BCUT2D eigenvalue weighted by Gasteiger charge is 2.71. The van der Waals surface area contributed by atoms with E-state index in [-0.39, 0.29) is 40.6 Å². The van der Waals surface area contributed by atoms with E-state index in [4.69, 9.17) is 18.9 Å². The molecule has 2 aliphatic heterocycles. The van der Waals surface area contributed by atoms with Crippen LogP contribution in [0.25, 0.3) is 0 Å². The van der Waals surface area contributed by atoms with Crippen molar-refractivity contribution in [2.45, 2.75) is 180 Å². The summed E-state index contributed by atoms with van der Waals surface area (Å²) in [7, 11) is 0. The van der Waals surface area contributed by atoms with E-state index in [1.165, 1.54) is 5.57 Å². The zero-order valence-electron chi connectivity index (χ0n) is 34.4. The van der Waals surface area contributed by atoms with Crippen LogP contribution in [0.2, 0.25) is 0 Å². The Morgan fingerprint density at radius 3 is 2.04 bits per heavy atom. The number of aliphatic hydroxyl groups is 9. The molecular weight excluding hydrogens is 744 g/mol. The first-order valence-electron chi connectivity index (χ1n) is 21.0. The first-order valence-corrected chi connectivity index (χ1v) is 21.0. The summed E-state index contributed by atoms with van der Waals surface area (Å²) in [5, 5.41) is 107. The van der Waals surface area contributed by atoms with Crippen LogP contribution in [0.4, 0.5) is 0 Å². The van der Waals surface area contributed by atoms with Crippen molar-refractivity contribution in [1.82, 2.24) is 0 Å². The maximum absolute atomic E-state index is 12.6. The van der Waals surface area contributed by atoms with Crippen molar-refractivity contribution in [2.24, 2.45) is 50.2 Å². The van der Waals surface area contributed by atoms with E-state index < -0.39 is 109 Å². The third-order valence-corrected chi connectivity index (χ3v) is 17.3. The second kappa shape index (κ2) is 14.7. The van der Waals surface area contributed by atoms with Gasteiger partial charge in [-0.25, -0.2) is 4.79 Å². The molecule has 0 radical (unpaired) electrons. The van der Waals surface area contributed by atoms with Gasteiger partial charge >= 0.3 is 5.97 Å². The molecule has 10 N–H and O–H groups in total. The van der Waals surface area contributed by atoms with Gasteiger partial charge in [0.25, 0.3) is 0 Å². The van der Waals surface area contributed by atoms with E-state index in [1.807, 2.05) is 0 Å². The van der Waals surface area contributed by atoms with Crippen molar-refractivity contribution in [3.05, 3.63) is 11.6 Å². The highest BCUT2D eigenvalue weighted by molar-refractivity contribution is 5.73. The molecule has 4 saturated carbocycles. The van der Waals surface area contributed by atoms with E-state index in [2.05, 4.69) is 54.5 Å². The number of ether oxygens (including phenoxy) is 4. The number of fused-ring (bicyclic) bond motifs is 7. The fraction of sp³-hybridized carbons (Fsp3) is 0.929. The Hall–Kier alpha value is -1.31. The van der Waals surface area contributed by atoms with Crippen molar-refractivity contribution in [1.29, 1.82) is 0 Å². The lowest BCUT2D eigenvalue weighted by Crippen LogP contribution is -2.70. The van der Waals surface area contributed by atoms with E-state index >= 15 is 0 Å². The first-order chi connectivity index (χ1) is 26.4. The molecule has 7 aliphatic rings. The molecule has 0 aromatic rings. The van der Waals surface area contributed by atoms with Gasteiger partial charge in [-0.3, -0.25) is 0 Å². The van der Waals surface area contributed by atoms with Crippen molar-refractivity contribution in [3.8, 4) is 0 Å². The topological polar surface area (TPSA) is 256 Å². The summed E-state index contributed by atoms with van der Waals surface area (Å²) in [5.41, 5.74) is -1.59. The molecule has 2 saturated heterocycles. The second-order valence-electron chi connectivity index (χ2n) is 21.0. The zero-order chi connectivity index (χ0) is 42.0. The van der Waals surface area contributed by atoms with Gasteiger partial charge in [0.15, 0.2) is 18.7 Å². The number of carbonyl (C=O) groups is 1. The summed E-state index contributed by atoms with van der Waals surface area (Å²) in [5.74, 6) is -1.39. The molecule has 15 heteroatoms. The minimum Gasteiger partial charge on any atom is -0.479 e. The van der Waals surface area contributed by atoms with Crippen LogP contribution in [0.3, 0.4) is 0 Å². The fourth-order valence-corrected chi connectivity index (χ4v) is 13.9. The van der Waals surface area contributed by atoms with Crippen LogP contribution in [-0.4, -0.2) is 150 Å². The number of hydrogen-bond acceptors (Lipinski definition) is 14. The molecule has 326 valence electrons. The Labute approximate surface area is 335 Å². The van der Waals surface area contributed by atoms with Gasteiger partial charge < -0.3 is 70.0 Å². The minimum atomic E-state index is -1.80. The van der Waals surface area contributed by atoms with Crippen LogP contribution < -0.4 is 0 Å². The lowest BCUT2D eigenvalue weighted by molar-refractivity contribution is -0.325. The van der Waals surface area contributed by atoms with Crippen LogP contribution in [-0.2, 0) is 23.7 Å². The molecule has 5 aliphatic carbocycles. The number of carboxylic acid groups (broad SMARTS) is 1. The van der Waals surface area contributed by atoms with Gasteiger partial charge in [0.2, 0.25) is 0 Å². The van der Waals surface area contributed by atoms with E-state index in [0.29, 0.717) is 25.7 Å². The lowest BCUT2D eigenvalue weighted by Gasteiger charge is -2.72. The molecule has 0 aromatic carbocycles. The second-order valence-corrected chi connectivity index (χ2v) is 21.0. The van der Waals surface area contributed by atoms with E-state index in [9.17, 15) is 55.9 Å². The molecule has 0 bridgehead atoms. The lowest BCUT2D eigenvalue weighted by atomic mass is 9.33. The van der Waals surface area contributed by atoms with Gasteiger partial charge in [0.1, 0.15) is 42.7 Å². The number of carboxylic acids is 1. The summed E-state index contributed by atoms with van der Waals surface area (Å²) in [6, 6.07) is 0. The highest BCUT2D eigenvalue weighted by atomic mass is 16.7. The zero-order valence-corrected chi connectivity index (χ0v) is 34.4. The smallest absolute Gasteiger partial charge is 0.335 e. The number of allylic oxidation sites excluding steroid dienone is 2. The summed E-state index contributed by atoms with van der Waals surface area (Å²) >= 11 is 0. The van der Waals surface area contributed by atoms with Crippen LogP contribution >= 0.6 is 0 Å². The van der Waals surface area contributed by atoms with Gasteiger partial charge in [-0.05, 0) is 96.2 Å². The van der Waals surface area contributed by atoms with E-state index in [0.717, 1.165) is 25.7 Å². The quantitative estimate of drug-likeness (QED) is 0.126. The summed E-state index contributed by atoms with van der Waals surface area (Å²) < 4.78 is 23.8. The molecule has 7 rings (SSSR count). The average molecular weight is 813 g/mol. The van der Waals surface area contributed by atoms with Crippen molar-refractivity contribution < 1.29 is 74.8 Å². The average Bonchev–Trinajstić information content (AvgIpc) is 3.12. The Kier molecular flexibility index (Phi) is 11.3. The Morgan fingerprint density at radius 2 is 1.39 bits per heavy atom. The molecule has 0 spiro atoms. The summed E-state index contributed by atoms with van der Waals surface area (Å²) in [6.45, 7) is 14.8. The fourth-order valence-electron chi connectivity index (χ4n) is 13.9. The molecule has 57 heavy (non-hydrogen) atoms. The standard InChI is InChI=1S/C42H68O15/c1-37(2)14-20-19-8-9-23-39(5)12-11-26(56-36-32(51)29(48)30(49)33(57-36)34(52)53)38(3,4)22(39)10-13-40(23,6)41(19,7)16-25(45)42(20,24(44)15-37)18-54-35-31(50)28(47)27(46)21(17-43)55-35/h8,20-33,35-36,43-51H,9-18H2,1-7H3,(H,52,53). The number of aliphatic hydroxyl groups excluding tert-OH is 9. The molecular formula is C42H68O15. The van der Waals surface area contributed by atoms with Crippen LogP contribution in [0.15, 0.2) is 11.6 Å². The molecule has 6 fully saturated rings. The number of aliphatic carboxylic acids is 1. The monoisotopic (exact) mass is 812 g/mol. The van der Waals surface area contributed by atoms with E-state index in [1.54, 1.807) is 0 Å². The molecule has 15 nitrogen and oxygen atoms in total. The molecule has 20 unspecified atom stereocenters. The van der Waals surface area contributed by atoms with Gasteiger partial charge in [-0.1, -0.05) is 60.1 Å². The molecule has 0 aromatic heterocycles. The minimum absolute atomic E-state index is 0.155. The Morgan fingerprint density at radius 1 is 0.754 bits per heavy atom. The third-order valence-electron chi connectivity index (χ3n) is 17.3. The van der Waals surface area contributed by atoms with Gasteiger partial charge in [-0.15, -0.1) is 0 Å². The normalized spacial score (nSPS) is 54.4. The largest absolute Gasteiger partial charge is 0.479 e. The van der Waals surface area contributed by atoms with Gasteiger partial charge in [0, 0.05) is 0 Å².